The Morgan fingerprint density at radius 1 is 1.00 bits per heavy atom. The molecule has 0 aromatic heterocycles. The van der Waals surface area contributed by atoms with E-state index in [-0.39, 0.29) is 23.8 Å². The summed E-state index contributed by atoms with van der Waals surface area (Å²) in [6, 6.07) is 14.9. The molecule has 2 rings (SSSR count). The second-order valence-corrected chi connectivity index (χ2v) is 11.1. The van der Waals surface area contributed by atoms with E-state index in [9.17, 15) is 14.4 Å². The molecule has 0 saturated heterocycles. The molecule has 3 amide bonds. The Morgan fingerprint density at radius 3 is 2.21 bits per heavy atom. The number of carbonyl (C=O) groups is 3. The van der Waals surface area contributed by atoms with Crippen molar-refractivity contribution in [3.8, 4) is 0 Å². The minimum Gasteiger partial charge on any atom is -0.444 e. The minimum absolute atomic E-state index is 0.113. The number of carbonyl (C=O) groups excluding carboxylic acids is 3. The van der Waals surface area contributed by atoms with Gasteiger partial charge in [0.15, 0.2) is 0 Å². The van der Waals surface area contributed by atoms with Crippen LogP contribution in [0.2, 0.25) is 0 Å². The molecule has 2 aromatic rings. The Labute approximate surface area is 227 Å². The van der Waals surface area contributed by atoms with Gasteiger partial charge in [0.2, 0.25) is 11.8 Å². The van der Waals surface area contributed by atoms with Gasteiger partial charge in [0.25, 0.3) is 0 Å². The predicted octanol–water partition coefficient (Wildman–Crippen LogP) is 5.86. The molecule has 0 aliphatic rings. The third-order valence-electron chi connectivity index (χ3n) is 5.81. The van der Waals surface area contributed by atoms with Gasteiger partial charge in [0, 0.05) is 12.6 Å². The molecule has 0 heterocycles. The molecule has 2 aromatic carbocycles. The van der Waals surface area contributed by atoms with Gasteiger partial charge in [-0.05, 0) is 69.7 Å². The first-order valence-electron chi connectivity index (χ1n) is 13.2. The highest BCUT2D eigenvalue weighted by molar-refractivity contribution is 5.92. The predicted molar refractivity (Wildman–Crippen MR) is 152 cm³/mol. The third kappa shape index (κ3) is 9.36. The number of nitrogens with one attached hydrogen (secondary N) is 2. The summed E-state index contributed by atoms with van der Waals surface area (Å²) in [7, 11) is 0. The van der Waals surface area contributed by atoms with Gasteiger partial charge in [-0.3, -0.25) is 9.59 Å². The van der Waals surface area contributed by atoms with Crippen molar-refractivity contribution in [1.82, 2.24) is 15.5 Å². The zero-order chi connectivity index (χ0) is 28.5. The highest BCUT2D eigenvalue weighted by Gasteiger charge is 2.38. The van der Waals surface area contributed by atoms with Crippen molar-refractivity contribution < 1.29 is 19.1 Å². The fourth-order valence-corrected chi connectivity index (χ4v) is 4.18. The van der Waals surface area contributed by atoms with Crippen LogP contribution in [0.5, 0.6) is 0 Å². The topological polar surface area (TPSA) is 87.7 Å². The number of hydrogen-bond acceptors (Lipinski definition) is 4. The lowest BCUT2D eigenvalue weighted by molar-refractivity contribution is -0.145. The Hall–Kier alpha value is -3.61. The number of benzene rings is 2. The maximum Gasteiger partial charge on any atom is 0.408 e. The second kappa shape index (κ2) is 13.8. The molecule has 7 heteroatoms. The standard InChI is InChI=1S/C31H43N3O4/c1-9-23-16-13-17-25(19-23)27(28(35)32-20-24-14-11-10-12-15-24)34(22(4)5)29(36)26(18-21(2)3)33-30(37)38-31(6,7)8/h9-17,19,21-22,26-27H,1,18,20H2,2-8H3,(H,32,35)(H,33,37). The average molecular weight is 522 g/mol. The first-order valence-corrected chi connectivity index (χ1v) is 13.2. The molecule has 7 nitrogen and oxygen atoms in total. The molecule has 0 aliphatic carbocycles. The van der Waals surface area contributed by atoms with Gasteiger partial charge < -0.3 is 20.3 Å². The Kier molecular flexibility index (Phi) is 11.1. The van der Waals surface area contributed by atoms with Crippen molar-refractivity contribution in [3.05, 3.63) is 77.9 Å². The van der Waals surface area contributed by atoms with Gasteiger partial charge in [0.1, 0.15) is 17.7 Å². The smallest absolute Gasteiger partial charge is 0.408 e. The first kappa shape index (κ1) is 30.6. The van der Waals surface area contributed by atoms with E-state index in [1.807, 2.05) is 82.3 Å². The van der Waals surface area contributed by atoms with Gasteiger partial charge in [-0.15, -0.1) is 0 Å². The summed E-state index contributed by atoms with van der Waals surface area (Å²) in [5.41, 5.74) is 1.74. The van der Waals surface area contributed by atoms with Gasteiger partial charge in [-0.25, -0.2) is 4.79 Å². The highest BCUT2D eigenvalue weighted by atomic mass is 16.6. The van der Waals surface area contributed by atoms with E-state index >= 15 is 0 Å². The van der Waals surface area contributed by atoms with Crippen molar-refractivity contribution >= 4 is 24.0 Å². The average Bonchev–Trinajstić information content (AvgIpc) is 2.84. The summed E-state index contributed by atoms with van der Waals surface area (Å²) >= 11 is 0. The van der Waals surface area contributed by atoms with E-state index in [1.165, 1.54) is 0 Å². The van der Waals surface area contributed by atoms with Crippen molar-refractivity contribution in [2.45, 2.75) is 85.2 Å². The lowest BCUT2D eigenvalue weighted by atomic mass is 9.97. The number of nitrogens with zero attached hydrogens (tertiary/aromatic N) is 1. The van der Waals surface area contributed by atoms with Gasteiger partial charge in [-0.2, -0.15) is 0 Å². The zero-order valence-corrected chi connectivity index (χ0v) is 23.8. The van der Waals surface area contributed by atoms with Gasteiger partial charge >= 0.3 is 6.09 Å². The molecule has 2 N–H and O–H groups in total. The second-order valence-electron chi connectivity index (χ2n) is 11.1. The number of ether oxygens (including phenoxy) is 1. The maximum atomic E-state index is 14.1. The minimum atomic E-state index is -0.916. The van der Waals surface area contributed by atoms with Crippen molar-refractivity contribution in [2.75, 3.05) is 0 Å². The molecule has 0 radical (unpaired) electrons. The molecule has 38 heavy (non-hydrogen) atoms. The molecule has 206 valence electrons. The van der Waals surface area contributed by atoms with Crippen molar-refractivity contribution in [3.63, 3.8) is 0 Å². The zero-order valence-electron chi connectivity index (χ0n) is 23.8. The van der Waals surface area contributed by atoms with Crippen LogP contribution in [0.4, 0.5) is 4.79 Å². The number of amides is 3. The first-order chi connectivity index (χ1) is 17.8. The number of rotatable bonds is 11. The van der Waals surface area contributed by atoms with Crippen LogP contribution in [0, 0.1) is 5.92 Å². The van der Waals surface area contributed by atoms with E-state index in [2.05, 4.69) is 17.2 Å². The normalized spacial score (nSPS) is 13.0. The maximum absolute atomic E-state index is 14.1. The van der Waals surface area contributed by atoms with Crippen LogP contribution in [0.3, 0.4) is 0 Å². The molecular weight excluding hydrogens is 478 g/mol. The molecule has 0 saturated carbocycles. The Bertz CT molecular complexity index is 1090. The molecular formula is C31H43N3O4. The summed E-state index contributed by atoms with van der Waals surface area (Å²) in [6.45, 7) is 17.2. The van der Waals surface area contributed by atoms with Crippen LogP contribution < -0.4 is 10.6 Å². The number of alkyl carbamates (subject to hydrolysis) is 1. The van der Waals surface area contributed by atoms with Crippen LogP contribution >= 0.6 is 0 Å². The van der Waals surface area contributed by atoms with Crippen LogP contribution in [0.25, 0.3) is 6.08 Å². The highest BCUT2D eigenvalue weighted by Crippen LogP contribution is 2.27. The van der Waals surface area contributed by atoms with E-state index < -0.39 is 23.8 Å². The van der Waals surface area contributed by atoms with E-state index in [1.54, 1.807) is 31.7 Å². The molecule has 0 fully saturated rings. The van der Waals surface area contributed by atoms with E-state index in [0.717, 1.165) is 11.1 Å². The van der Waals surface area contributed by atoms with E-state index in [0.29, 0.717) is 18.5 Å². The fraction of sp³-hybridized carbons (Fsp3) is 0.452. The molecule has 0 bridgehead atoms. The quantitative estimate of drug-likeness (QED) is 0.388. The third-order valence-corrected chi connectivity index (χ3v) is 5.81. The van der Waals surface area contributed by atoms with Crippen LogP contribution in [-0.4, -0.2) is 40.5 Å². The summed E-state index contributed by atoms with van der Waals surface area (Å²) in [5.74, 6) is -0.538. The summed E-state index contributed by atoms with van der Waals surface area (Å²) < 4.78 is 5.44. The Morgan fingerprint density at radius 2 is 1.66 bits per heavy atom. The van der Waals surface area contributed by atoms with Gasteiger partial charge in [0.05, 0.1) is 0 Å². The summed E-state index contributed by atoms with van der Waals surface area (Å²) in [4.78, 5) is 42.1. The van der Waals surface area contributed by atoms with Crippen molar-refractivity contribution in [1.29, 1.82) is 0 Å². The molecule has 0 spiro atoms. The SMILES string of the molecule is C=Cc1cccc(C(C(=O)NCc2ccccc2)N(C(=O)C(CC(C)C)NC(=O)OC(C)(C)C)C(C)C)c1. The van der Waals surface area contributed by atoms with Crippen LogP contribution in [0.1, 0.15) is 77.6 Å². The van der Waals surface area contributed by atoms with E-state index in [4.69, 9.17) is 4.74 Å². The lowest BCUT2D eigenvalue weighted by Crippen LogP contribution is -2.55. The Balaban J connectivity index is 2.48. The largest absolute Gasteiger partial charge is 0.444 e. The molecule has 2 atom stereocenters. The monoisotopic (exact) mass is 521 g/mol. The molecule has 2 unspecified atom stereocenters. The summed E-state index contributed by atoms with van der Waals surface area (Å²) in [5, 5.41) is 5.77. The number of hydrogen-bond donors (Lipinski definition) is 2. The lowest BCUT2D eigenvalue weighted by Gasteiger charge is -2.37. The fourth-order valence-electron chi connectivity index (χ4n) is 4.18. The summed E-state index contributed by atoms with van der Waals surface area (Å²) in [6.07, 6.45) is 1.43. The molecule has 0 aliphatic heterocycles. The van der Waals surface area contributed by atoms with Crippen LogP contribution in [0.15, 0.2) is 61.2 Å². The van der Waals surface area contributed by atoms with Gasteiger partial charge in [-0.1, -0.05) is 75.0 Å². The van der Waals surface area contributed by atoms with Crippen LogP contribution in [-0.2, 0) is 20.9 Å². The van der Waals surface area contributed by atoms with Crippen molar-refractivity contribution in [2.24, 2.45) is 5.92 Å².